The Morgan fingerprint density at radius 2 is 1.92 bits per heavy atom. The Labute approximate surface area is 152 Å². The number of carbonyl (C=O) groups excluding carboxylic acids is 1. The third-order valence-corrected chi connectivity index (χ3v) is 5.51. The topological polar surface area (TPSA) is 45.2 Å². The summed E-state index contributed by atoms with van der Waals surface area (Å²) in [7, 11) is 0. The molecule has 3 rings (SSSR count). The quantitative estimate of drug-likeness (QED) is 0.509. The second kappa shape index (κ2) is 7.70. The van der Waals surface area contributed by atoms with Gasteiger partial charge in [-0.3, -0.25) is 9.79 Å². The molecule has 3 aromatic rings. The van der Waals surface area contributed by atoms with Crippen molar-refractivity contribution in [2.24, 2.45) is 4.99 Å². The second-order valence-electron chi connectivity index (χ2n) is 6.31. The first kappa shape index (κ1) is 17.5. The summed E-state index contributed by atoms with van der Waals surface area (Å²) in [5, 5.41) is 1.12. The molecule has 0 fully saturated rings. The van der Waals surface area contributed by atoms with E-state index in [9.17, 15) is 4.79 Å². The van der Waals surface area contributed by atoms with E-state index < -0.39 is 0 Å². The molecule has 0 radical (unpaired) electrons. The van der Waals surface area contributed by atoms with Gasteiger partial charge in [0.15, 0.2) is 5.78 Å². The highest BCUT2D eigenvalue weighted by Crippen LogP contribution is 2.27. The van der Waals surface area contributed by atoms with Crippen molar-refractivity contribution in [1.82, 2.24) is 4.98 Å². The number of aliphatic imine (C=N–C) groups is 1. The number of H-pyrrole nitrogens is 1. The van der Waals surface area contributed by atoms with Crippen molar-refractivity contribution in [1.29, 1.82) is 0 Å². The molecule has 2 aromatic carbocycles. The largest absolute Gasteiger partial charge is 0.361 e. The normalized spacial score (nSPS) is 11.5. The van der Waals surface area contributed by atoms with E-state index in [2.05, 4.69) is 42.9 Å². The second-order valence-corrected chi connectivity index (χ2v) is 7.30. The fourth-order valence-corrected chi connectivity index (χ4v) is 4.03. The minimum absolute atomic E-state index is 0.141. The predicted octanol–water partition coefficient (Wildman–Crippen LogP) is 4.87. The number of aromatic amines is 1. The number of rotatable bonds is 6. The highest BCUT2D eigenvalue weighted by molar-refractivity contribution is 8.00. The molecular weight excluding hydrogens is 328 g/mol. The van der Waals surface area contributed by atoms with Crippen LogP contribution in [0.3, 0.4) is 0 Å². The number of nitrogens with zero attached hydrogens (tertiary/aromatic N) is 1. The van der Waals surface area contributed by atoms with Gasteiger partial charge in [0.25, 0.3) is 0 Å². The third-order valence-electron chi connectivity index (χ3n) is 4.11. The van der Waals surface area contributed by atoms with Gasteiger partial charge in [-0.1, -0.05) is 29.8 Å². The average Bonchev–Trinajstić information content (AvgIpc) is 3.03. The summed E-state index contributed by atoms with van der Waals surface area (Å²) in [4.78, 5) is 20.9. The van der Waals surface area contributed by atoms with Crippen molar-refractivity contribution in [3.05, 3.63) is 64.8 Å². The van der Waals surface area contributed by atoms with Crippen molar-refractivity contribution in [2.75, 3.05) is 12.3 Å². The van der Waals surface area contributed by atoms with E-state index in [1.807, 2.05) is 30.5 Å². The van der Waals surface area contributed by atoms with E-state index in [0.29, 0.717) is 5.75 Å². The summed E-state index contributed by atoms with van der Waals surface area (Å²) in [5.74, 6) is 0.595. The zero-order valence-electron chi connectivity index (χ0n) is 14.8. The van der Waals surface area contributed by atoms with Crippen LogP contribution in [-0.2, 0) is 4.79 Å². The molecule has 3 nitrogen and oxygen atoms in total. The van der Waals surface area contributed by atoms with Gasteiger partial charge in [-0.15, -0.1) is 11.8 Å². The van der Waals surface area contributed by atoms with E-state index in [4.69, 9.17) is 0 Å². The number of carbonyl (C=O) groups is 1. The highest BCUT2D eigenvalue weighted by Gasteiger charge is 2.08. The van der Waals surface area contributed by atoms with Crippen LogP contribution in [0.5, 0.6) is 0 Å². The van der Waals surface area contributed by atoms with Gasteiger partial charge in [-0.25, -0.2) is 0 Å². The molecule has 4 heteroatoms. The molecule has 0 bridgehead atoms. The van der Waals surface area contributed by atoms with Crippen molar-refractivity contribution in [3.8, 4) is 0 Å². The molecule has 25 heavy (non-hydrogen) atoms. The highest BCUT2D eigenvalue weighted by atomic mass is 32.2. The number of thioether (sulfide) groups is 1. The number of benzene rings is 2. The molecule has 0 atom stereocenters. The smallest absolute Gasteiger partial charge is 0.164 e. The lowest BCUT2D eigenvalue weighted by Crippen LogP contribution is -2.06. The molecule has 1 aromatic heterocycles. The van der Waals surface area contributed by atoms with Crippen LogP contribution in [0.4, 0.5) is 0 Å². The lowest BCUT2D eigenvalue weighted by atomic mass is 10.1. The van der Waals surface area contributed by atoms with Gasteiger partial charge in [0.05, 0.1) is 12.3 Å². The van der Waals surface area contributed by atoms with Crippen LogP contribution in [0, 0.1) is 20.8 Å². The van der Waals surface area contributed by atoms with Crippen LogP contribution in [0.1, 0.15) is 22.3 Å². The van der Waals surface area contributed by atoms with E-state index in [1.165, 1.54) is 21.6 Å². The van der Waals surface area contributed by atoms with Crippen molar-refractivity contribution < 1.29 is 4.79 Å². The van der Waals surface area contributed by atoms with Gasteiger partial charge in [-0.05, 0) is 44.0 Å². The van der Waals surface area contributed by atoms with E-state index >= 15 is 0 Å². The van der Waals surface area contributed by atoms with Gasteiger partial charge in [0, 0.05) is 33.8 Å². The van der Waals surface area contributed by atoms with Crippen molar-refractivity contribution in [2.45, 2.75) is 25.7 Å². The molecular formula is C21H22N2OS. The first-order valence-corrected chi connectivity index (χ1v) is 9.31. The van der Waals surface area contributed by atoms with Gasteiger partial charge in [0.2, 0.25) is 0 Å². The molecule has 0 saturated heterocycles. The first-order valence-electron chi connectivity index (χ1n) is 8.33. The summed E-state index contributed by atoms with van der Waals surface area (Å²) in [6.45, 7) is 6.52. The number of Topliss-reactive ketones (excluding diaryl/α,β-unsaturated/α-hetero) is 1. The number of hydrogen-bond acceptors (Lipinski definition) is 3. The standard InChI is InChI=1S/C21H22N2OS/c1-14-9-15(2)21(16(3)10-14)25-13-18(24)12-22-11-17-5-4-6-20-19(17)7-8-23-20/h4-11,23H,12-13H2,1-3H3. The number of nitrogens with one attached hydrogen (secondary N) is 1. The first-order chi connectivity index (χ1) is 12.0. The molecule has 0 aliphatic rings. The molecule has 128 valence electrons. The molecule has 1 N–H and O–H groups in total. The summed E-state index contributed by atoms with van der Waals surface area (Å²) in [5.41, 5.74) is 5.84. The van der Waals surface area contributed by atoms with E-state index in [0.717, 1.165) is 16.5 Å². The Morgan fingerprint density at radius 1 is 1.16 bits per heavy atom. The zero-order valence-corrected chi connectivity index (χ0v) is 15.6. The van der Waals surface area contributed by atoms with Crippen LogP contribution < -0.4 is 0 Å². The minimum atomic E-state index is 0.141. The van der Waals surface area contributed by atoms with Crippen LogP contribution in [0.2, 0.25) is 0 Å². The van der Waals surface area contributed by atoms with E-state index in [1.54, 1.807) is 18.0 Å². The summed E-state index contributed by atoms with van der Waals surface area (Å²) >= 11 is 1.61. The number of fused-ring (bicyclic) bond motifs is 1. The van der Waals surface area contributed by atoms with Crippen LogP contribution in [0.25, 0.3) is 10.9 Å². The van der Waals surface area contributed by atoms with Gasteiger partial charge < -0.3 is 4.98 Å². The lowest BCUT2D eigenvalue weighted by molar-refractivity contribution is -0.115. The third kappa shape index (κ3) is 4.20. The molecule has 0 spiro atoms. The number of hydrogen-bond donors (Lipinski definition) is 1. The van der Waals surface area contributed by atoms with E-state index in [-0.39, 0.29) is 12.3 Å². The average molecular weight is 350 g/mol. The molecule has 0 amide bonds. The summed E-state index contributed by atoms with van der Waals surface area (Å²) in [6.07, 6.45) is 3.71. The lowest BCUT2D eigenvalue weighted by Gasteiger charge is -2.10. The van der Waals surface area contributed by atoms with Crippen molar-refractivity contribution >= 4 is 34.7 Å². The van der Waals surface area contributed by atoms with Crippen LogP contribution >= 0.6 is 11.8 Å². The molecule has 0 aliphatic heterocycles. The maximum absolute atomic E-state index is 12.2. The zero-order chi connectivity index (χ0) is 17.8. The molecule has 0 saturated carbocycles. The fourth-order valence-electron chi connectivity index (χ4n) is 3.06. The maximum atomic E-state index is 12.2. The Kier molecular flexibility index (Phi) is 5.39. The Balaban J connectivity index is 1.59. The molecule has 0 aliphatic carbocycles. The van der Waals surface area contributed by atoms with Gasteiger partial charge in [0.1, 0.15) is 0 Å². The maximum Gasteiger partial charge on any atom is 0.164 e. The summed E-state index contributed by atoms with van der Waals surface area (Å²) in [6, 6.07) is 12.4. The Bertz CT molecular complexity index is 917. The van der Waals surface area contributed by atoms with Crippen LogP contribution in [0.15, 0.2) is 52.5 Å². The predicted molar refractivity (Wildman–Crippen MR) is 107 cm³/mol. The summed E-state index contributed by atoms with van der Waals surface area (Å²) < 4.78 is 0. The fraction of sp³-hybridized carbons (Fsp3) is 0.238. The molecule has 0 unspecified atom stereocenters. The number of ketones is 1. The van der Waals surface area contributed by atoms with Gasteiger partial charge >= 0.3 is 0 Å². The van der Waals surface area contributed by atoms with Crippen molar-refractivity contribution in [3.63, 3.8) is 0 Å². The monoisotopic (exact) mass is 350 g/mol. The molecule has 1 heterocycles. The Morgan fingerprint density at radius 3 is 2.68 bits per heavy atom. The minimum Gasteiger partial charge on any atom is -0.361 e. The Hall–Kier alpha value is -2.33. The van der Waals surface area contributed by atoms with Crippen LogP contribution in [-0.4, -0.2) is 29.3 Å². The van der Waals surface area contributed by atoms with Gasteiger partial charge in [-0.2, -0.15) is 0 Å². The SMILES string of the molecule is Cc1cc(C)c(SCC(=O)CN=Cc2cccc3[nH]ccc23)c(C)c1. The number of aromatic nitrogens is 1. The number of aryl methyl sites for hydroxylation is 3.